The van der Waals surface area contributed by atoms with Crippen LogP contribution in [0.5, 0.6) is 0 Å². The average Bonchev–Trinajstić information content (AvgIpc) is 2.35. The second-order valence-corrected chi connectivity index (χ2v) is 3.86. The summed E-state index contributed by atoms with van der Waals surface area (Å²) in [5.41, 5.74) is 0. The number of likely N-dealkylation sites (N-methyl/N-ethyl adjacent to an activating group) is 1. The molecule has 0 bridgehead atoms. The number of ether oxygens (including phenoxy) is 1. The molecule has 1 rings (SSSR count). The van der Waals surface area contributed by atoms with Crippen molar-refractivity contribution in [3.63, 3.8) is 0 Å². The summed E-state index contributed by atoms with van der Waals surface area (Å²) in [5.74, 6) is 0. The molecule has 1 N–H and O–H groups in total. The predicted molar refractivity (Wildman–Crippen MR) is 63.6 cm³/mol. The minimum Gasteiger partial charge on any atom is -0.378 e. The van der Waals surface area contributed by atoms with E-state index in [1.165, 1.54) is 0 Å². The largest absolute Gasteiger partial charge is 0.378 e. The van der Waals surface area contributed by atoms with Crippen molar-refractivity contribution in [3.8, 4) is 0 Å². The summed E-state index contributed by atoms with van der Waals surface area (Å²) in [6.45, 7) is 10.7. The van der Waals surface area contributed by atoms with Gasteiger partial charge in [0.05, 0.1) is 13.2 Å². The molecule has 1 heterocycles. The Morgan fingerprint density at radius 2 is 1.94 bits per heavy atom. The van der Waals surface area contributed by atoms with Crippen molar-refractivity contribution in [1.29, 1.82) is 0 Å². The van der Waals surface area contributed by atoms with Gasteiger partial charge in [0.25, 0.3) is 0 Å². The van der Waals surface area contributed by atoms with Crippen LogP contribution in [-0.2, 0) is 4.74 Å². The van der Waals surface area contributed by atoms with Gasteiger partial charge in [-0.05, 0) is 13.1 Å². The number of nitrogens with zero attached hydrogens (tertiary/aromatic N) is 2. The van der Waals surface area contributed by atoms with Gasteiger partial charge in [-0.3, -0.25) is 0 Å². The number of morpholine rings is 1. The van der Waals surface area contributed by atoms with E-state index in [0.717, 1.165) is 26.2 Å². The van der Waals surface area contributed by atoms with Gasteiger partial charge >= 0.3 is 6.03 Å². The smallest absolute Gasteiger partial charge is 0.317 e. The molecule has 0 unspecified atom stereocenters. The first-order valence-electron chi connectivity index (χ1n) is 6.10. The minimum absolute atomic E-state index is 0.0375. The molecule has 1 aliphatic rings. The topological polar surface area (TPSA) is 44.8 Å². The lowest BCUT2D eigenvalue weighted by Gasteiger charge is -2.27. The Kier molecular flexibility index (Phi) is 6.18. The minimum atomic E-state index is 0.0375. The number of carbonyl (C=O) groups excluding carboxylic acids is 1. The third-order valence-electron chi connectivity index (χ3n) is 2.90. The molecule has 0 radical (unpaired) electrons. The van der Waals surface area contributed by atoms with Gasteiger partial charge < -0.3 is 19.9 Å². The van der Waals surface area contributed by atoms with Crippen molar-refractivity contribution in [2.75, 3.05) is 52.5 Å². The van der Waals surface area contributed by atoms with Gasteiger partial charge in [0.15, 0.2) is 0 Å². The highest BCUT2D eigenvalue weighted by Crippen LogP contribution is 1.96. The molecular weight excluding hydrogens is 206 g/mol. The van der Waals surface area contributed by atoms with E-state index in [4.69, 9.17) is 4.74 Å². The molecule has 5 nitrogen and oxygen atoms in total. The van der Waals surface area contributed by atoms with E-state index in [0.29, 0.717) is 26.3 Å². The Hall–Kier alpha value is -0.810. The summed E-state index contributed by atoms with van der Waals surface area (Å²) < 4.78 is 5.20. The monoisotopic (exact) mass is 229 g/mol. The lowest BCUT2D eigenvalue weighted by molar-refractivity contribution is 0.0531. The predicted octanol–water partition coefficient (Wildman–Crippen LogP) is 0.370. The zero-order chi connectivity index (χ0) is 11.8. The third-order valence-corrected chi connectivity index (χ3v) is 2.90. The molecule has 0 aromatic rings. The molecule has 0 atom stereocenters. The third kappa shape index (κ3) is 4.37. The van der Waals surface area contributed by atoms with Crippen LogP contribution < -0.4 is 5.32 Å². The SMILES string of the molecule is CCN(CC)CCNC(=O)N1CCOCC1. The highest BCUT2D eigenvalue weighted by Gasteiger charge is 2.15. The summed E-state index contributed by atoms with van der Waals surface area (Å²) >= 11 is 0. The van der Waals surface area contributed by atoms with Crippen molar-refractivity contribution in [2.45, 2.75) is 13.8 Å². The van der Waals surface area contributed by atoms with Crippen molar-refractivity contribution >= 4 is 6.03 Å². The summed E-state index contributed by atoms with van der Waals surface area (Å²) in [6, 6.07) is 0.0375. The number of carbonyl (C=O) groups is 1. The number of rotatable bonds is 5. The highest BCUT2D eigenvalue weighted by molar-refractivity contribution is 5.74. The first-order chi connectivity index (χ1) is 7.77. The van der Waals surface area contributed by atoms with Crippen LogP contribution >= 0.6 is 0 Å². The number of urea groups is 1. The fraction of sp³-hybridized carbons (Fsp3) is 0.909. The number of amides is 2. The van der Waals surface area contributed by atoms with Gasteiger partial charge in [-0.15, -0.1) is 0 Å². The van der Waals surface area contributed by atoms with Crippen molar-refractivity contribution < 1.29 is 9.53 Å². The molecule has 1 aliphatic heterocycles. The van der Waals surface area contributed by atoms with Crippen LogP contribution in [0, 0.1) is 0 Å². The molecule has 0 aromatic heterocycles. The molecule has 0 aromatic carbocycles. The molecular formula is C11H23N3O2. The summed E-state index contributed by atoms with van der Waals surface area (Å²) in [6.07, 6.45) is 0. The van der Waals surface area contributed by atoms with E-state index < -0.39 is 0 Å². The zero-order valence-electron chi connectivity index (χ0n) is 10.4. The van der Waals surface area contributed by atoms with Crippen molar-refractivity contribution in [1.82, 2.24) is 15.1 Å². The molecule has 5 heteroatoms. The van der Waals surface area contributed by atoms with Crippen LogP contribution in [-0.4, -0.2) is 68.3 Å². The maximum absolute atomic E-state index is 11.7. The van der Waals surface area contributed by atoms with Gasteiger partial charge in [-0.2, -0.15) is 0 Å². The standard InChI is InChI=1S/C11H23N3O2/c1-3-13(4-2)6-5-12-11(15)14-7-9-16-10-8-14/h3-10H2,1-2H3,(H,12,15). The molecule has 0 spiro atoms. The normalized spacial score (nSPS) is 16.6. The van der Waals surface area contributed by atoms with Crippen LogP contribution in [0.25, 0.3) is 0 Å². The maximum atomic E-state index is 11.7. The van der Waals surface area contributed by atoms with E-state index in [1.807, 2.05) is 4.90 Å². The Morgan fingerprint density at radius 1 is 1.31 bits per heavy atom. The Labute approximate surface area is 97.7 Å². The molecule has 1 saturated heterocycles. The molecule has 0 aliphatic carbocycles. The van der Waals surface area contributed by atoms with Gasteiger partial charge in [0, 0.05) is 26.2 Å². The van der Waals surface area contributed by atoms with Gasteiger partial charge in [-0.1, -0.05) is 13.8 Å². The van der Waals surface area contributed by atoms with E-state index >= 15 is 0 Å². The van der Waals surface area contributed by atoms with Crippen molar-refractivity contribution in [3.05, 3.63) is 0 Å². The lowest BCUT2D eigenvalue weighted by Crippen LogP contribution is -2.47. The maximum Gasteiger partial charge on any atom is 0.317 e. The van der Waals surface area contributed by atoms with E-state index in [9.17, 15) is 4.79 Å². The van der Waals surface area contributed by atoms with Crippen LogP contribution in [0.3, 0.4) is 0 Å². The Bertz CT molecular complexity index is 201. The van der Waals surface area contributed by atoms with E-state index in [-0.39, 0.29) is 6.03 Å². The fourth-order valence-corrected chi connectivity index (χ4v) is 1.74. The summed E-state index contributed by atoms with van der Waals surface area (Å²) in [5, 5.41) is 2.94. The van der Waals surface area contributed by atoms with Crippen LogP contribution in [0.15, 0.2) is 0 Å². The average molecular weight is 229 g/mol. The molecule has 0 saturated carbocycles. The van der Waals surface area contributed by atoms with Gasteiger partial charge in [0.2, 0.25) is 0 Å². The second-order valence-electron chi connectivity index (χ2n) is 3.86. The molecule has 1 fully saturated rings. The molecule has 2 amide bonds. The Morgan fingerprint density at radius 3 is 2.50 bits per heavy atom. The van der Waals surface area contributed by atoms with Crippen LogP contribution in [0.4, 0.5) is 4.79 Å². The van der Waals surface area contributed by atoms with E-state index in [2.05, 4.69) is 24.1 Å². The lowest BCUT2D eigenvalue weighted by atomic mass is 10.4. The summed E-state index contributed by atoms with van der Waals surface area (Å²) in [4.78, 5) is 15.8. The first-order valence-corrected chi connectivity index (χ1v) is 6.10. The number of hydrogen-bond acceptors (Lipinski definition) is 3. The fourth-order valence-electron chi connectivity index (χ4n) is 1.74. The van der Waals surface area contributed by atoms with Gasteiger partial charge in [-0.25, -0.2) is 4.79 Å². The quantitative estimate of drug-likeness (QED) is 0.741. The zero-order valence-corrected chi connectivity index (χ0v) is 10.4. The number of hydrogen-bond donors (Lipinski definition) is 1. The van der Waals surface area contributed by atoms with Crippen LogP contribution in [0.2, 0.25) is 0 Å². The highest BCUT2D eigenvalue weighted by atomic mass is 16.5. The summed E-state index contributed by atoms with van der Waals surface area (Å²) in [7, 11) is 0. The van der Waals surface area contributed by atoms with Crippen molar-refractivity contribution in [2.24, 2.45) is 0 Å². The van der Waals surface area contributed by atoms with E-state index in [1.54, 1.807) is 0 Å². The molecule has 16 heavy (non-hydrogen) atoms. The Balaban J connectivity index is 2.13. The second kappa shape index (κ2) is 7.46. The first kappa shape index (κ1) is 13.3. The van der Waals surface area contributed by atoms with Crippen LogP contribution in [0.1, 0.15) is 13.8 Å². The molecule has 94 valence electrons. The number of nitrogens with one attached hydrogen (secondary N) is 1. The van der Waals surface area contributed by atoms with Gasteiger partial charge in [0.1, 0.15) is 0 Å².